The predicted molar refractivity (Wildman–Crippen MR) is 220 cm³/mol. The zero-order valence-corrected chi connectivity index (χ0v) is 33.7. The number of nitrogens with one attached hydrogen (secondary N) is 2. The Bertz CT molecular complexity index is 1830. The summed E-state index contributed by atoms with van der Waals surface area (Å²) in [5, 5.41) is 9.24. The number of hydrazone groups is 1. The monoisotopic (exact) mass is 800 g/mol. The average molecular weight is 801 g/mol. The van der Waals surface area contributed by atoms with Gasteiger partial charge in [0.1, 0.15) is 12.2 Å². The van der Waals surface area contributed by atoms with E-state index in [1.54, 1.807) is 11.1 Å². The summed E-state index contributed by atoms with van der Waals surface area (Å²) in [7, 11) is 0. The number of alkyl carbamates (subject to hydrolysis) is 1. The highest BCUT2D eigenvalue weighted by molar-refractivity contribution is 6.31. The molecule has 15 nitrogen and oxygen atoms in total. The average Bonchev–Trinajstić information content (AvgIpc) is 3.79. The van der Waals surface area contributed by atoms with Crippen molar-refractivity contribution < 1.29 is 42.8 Å². The summed E-state index contributed by atoms with van der Waals surface area (Å²) in [4.78, 5) is 43.3. The van der Waals surface area contributed by atoms with Gasteiger partial charge in [-0.05, 0) is 59.7 Å². The van der Waals surface area contributed by atoms with Gasteiger partial charge in [0.2, 0.25) is 5.91 Å². The Hall–Kier alpha value is -5.35. The Kier molecular flexibility index (Phi) is 17.0. The van der Waals surface area contributed by atoms with Crippen LogP contribution in [0, 0.1) is 0 Å². The number of nitrogens with zero attached hydrogens (tertiary/aromatic N) is 3. The van der Waals surface area contributed by atoms with Crippen molar-refractivity contribution >= 4 is 30.0 Å². The van der Waals surface area contributed by atoms with Crippen molar-refractivity contribution in [3.8, 4) is 11.1 Å². The van der Waals surface area contributed by atoms with Gasteiger partial charge < -0.3 is 44.9 Å². The van der Waals surface area contributed by atoms with E-state index in [1.165, 1.54) is 22.3 Å². The first-order valence-electron chi connectivity index (χ1n) is 19.6. The van der Waals surface area contributed by atoms with Gasteiger partial charge in [-0.2, -0.15) is 5.10 Å². The number of hydrogen-bond donors (Lipinski definition) is 3. The molecule has 0 radical (unpaired) electrons. The summed E-state index contributed by atoms with van der Waals surface area (Å²) in [6.07, 6.45) is 0.896. The second-order valence-electron chi connectivity index (χ2n) is 14.7. The Morgan fingerprint density at radius 1 is 0.793 bits per heavy atom. The van der Waals surface area contributed by atoms with Crippen molar-refractivity contribution in [2.75, 3.05) is 72.6 Å². The summed E-state index contributed by atoms with van der Waals surface area (Å²) in [6.45, 7) is 10.5. The van der Waals surface area contributed by atoms with Gasteiger partial charge in [0.05, 0.1) is 78.2 Å². The fourth-order valence-electron chi connectivity index (χ4n) is 6.55. The van der Waals surface area contributed by atoms with Crippen LogP contribution in [0.4, 0.5) is 9.59 Å². The van der Waals surface area contributed by atoms with E-state index in [0.717, 1.165) is 16.7 Å². The summed E-state index contributed by atoms with van der Waals surface area (Å²) in [5.41, 5.74) is 7.69. The van der Waals surface area contributed by atoms with Crippen molar-refractivity contribution in [1.82, 2.24) is 15.5 Å². The molecule has 3 aromatic carbocycles. The minimum atomic E-state index is -0.563. The first-order chi connectivity index (χ1) is 28.1. The normalized spacial score (nSPS) is 13.6. The SMILES string of the molecule is CC(C)(C)OC(=O)N1Cc2cccc(CN=CC(CNC(=O)CCOCCOCCOCCOCCNC(=O)OCC3c4ccccc4-c4ccccc43)=NN)c2C1. The zero-order chi connectivity index (χ0) is 41.2. The number of nitrogens with two attached hydrogens (primary N) is 1. The first-order valence-corrected chi connectivity index (χ1v) is 19.6. The molecule has 15 heteroatoms. The van der Waals surface area contributed by atoms with Crippen molar-refractivity contribution in [3.63, 3.8) is 0 Å². The molecule has 0 atom stereocenters. The summed E-state index contributed by atoms with van der Waals surface area (Å²) in [6, 6.07) is 22.4. The molecular formula is C43H56N6O9. The molecule has 2 aliphatic rings. The summed E-state index contributed by atoms with van der Waals surface area (Å²) in [5.74, 6) is 5.34. The number of fused-ring (bicyclic) bond motifs is 4. The quantitative estimate of drug-likeness (QED) is 0.0545. The molecule has 0 spiro atoms. The molecule has 1 heterocycles. The molecule has 0 saturated heterocycles. The van der Waals surface area contributed by atoms with Crippen LogP contribution in [0.15, 0.2) is 76.8 Å². The number of carbonyl (C=O) groups excluding carboxylic acids is 3. The number of hydrogen-bond acceptors (Lipinski definition) is 12. The number of benzene rings is 3. The van der Waals surface area contributed by atoms with Crippen LogP contribution in [0.2, 0.25) is 0 Å². The predicted octanol–water partition coefficient (Wildman–Crippen LogP) is 4.93. The van der Waals surface area contributed by atoms with Gasteiger partial charge in [0, 0.05) is 31.6 Å². The zero-order valence-electron chi connectivity index (χ0n) is 33.7. The number of carbonyl (C=O) groups is 3. The largest absolute Gasteiger partial charge is 0.449 e. The van der Waals surface area contributed by atoms with Crippen molar-refractivity contribution in [1.29, 1.82) is 0 Å². The highest BCUT2D eigenvalue weighted by Gasteiger charge is 2.30. The smallest absolute Gasteiger partial charge is 0.410 e. The van der Waals surface area contributed by atoms with Crippen LogP contribution < -0.4 is 16.5 Å². The first kappa shape index (κ1) is 43.8. The van der Waals surface area contributed by atoms with Crippen molar-refractivity contribution in [2.24, 2.45) is 15.9 Å². The fourth-order valence-corrected chi connectivity index (χ4v) is 6.55. The number of aliphatic imine (C=N–C) groups is 1. The molecular weight excluding hydrogens is 745 g/mol. The van der Waals surface area contributed by atoms with Crippen LogP contribution in [0.1, 0.15) is 60.9 Å². The molecule has 0 aromatic heterocycles. The lowest BCUT2D eigenvalue weighted by Gasteiger charge is -2.24. The maximum Gasteiger partial charge on any atom is 0.410 e. The van der Waals surface area contributed by atoms with Crippen LogP contribution in [0.3, 0.4) is 0 Å². The van der Waals surface area contributed by atoms with Gasteiger partial charge in [0.15, 0.2) is 0 Å². The van der Waals surface area contributed by atoms with E-state index in [0.29, 0.717) is 78.1 Å². The topological polar surface area (TPSA) is 185 Å². The van der Waals surface area contributed by atoms with Gasteiger partial charge in [0.25, 0.3) is 0 Å². The molecule has 1 aliphatic heterocycles. The van der Waals surface area contributed by atoms with Crippen molar-refractivity contribution in [3.05, 3.63) is 94.5 Å². The maximum atomic E-state index is 12.6. The van der Waals surface area contributed by atoms with E-state index in [4.69, 9.17) is 34.3 Å². The Morgan fingerprint density at radius 2 is 1.41 bits per heavy atom. The van der Waals surface area contributed by atoms with E-state index < -0.39 is 11.7 Å². The van der Waals surface area contributed by atoms with Gasteiger partial charge >= 0.3 is 12.2 Å². The fraction of sp³-hybridized carbons (Fsp3) is 0.465. The molecule has 58 heavy (non-hydrogen) atoms. The van der Waals surface area contributed by atoms with Gasteiger partial charge in [-0.1, -0.05) is 66.7 Å². The van der Waals surface area contributed by atoms with Crippen LogP contribution in [-0.4, -0.2) is 113 Å². The molecule has 1 aliphatic carbocycles. The molecule has 0 fully saturated rings. The highest BCUT2D eigenvalue weighted by atomic mass is 16.6. The third-order valence-corrected chi connectivity index (χ3v) is 9.32. The van der Waals surface area contributed by atoms with E-state index in [-0.39, 0.29) is 44.1 Å². The lowest BCUT2D eigenvalue weighted by atomic mass is 9.98. The maximum absolute atomic E-state index is 12.6. The van der Waals surface area contributed by atoms with Crippen LogP contribution in [0.5, 0.6) is 0 Å². The van der Waals surface area contributed by atoms with E-state index in [1.807, 2.05) is 63.2 Å². The Balaban J connectivity index is 0.812. The third-order valence-electron chi connectivity index (χ3n) is 9.32. The summed E-state index contributed by atoms with van der Waals surface area (Å²) >= 11 is 0. The second-order valence-corrected chi connectivity index (χ2v) is 14.7. The molecule has 4 N–H and O–H groups in total. The molecule has 3 aromatic rings. The highest BCUT2D eigenvalue weighted by Crippen LogP contribution is 2.44. The van der Waals surface area contributed by atoms with Crippen LogP contribution in [-0.2, 0) is 52.8 Å². The molecule has 3 amide bonds. The van der Waals surface area contributed by atoms with Crippen molar-refractivity contribution in [2.45, 2.75) is 58.3 Å². The molecule has 0 saturated carbocycles. The van der Waals surface area contributed by atoms with Gasteiger partial charge in [-0.3, -0.25) is 14.7 Å². The van der Waals surface area contributed by atoms with E-state index in [9.17, 15) is 14.4 Å². The number of rotatable bonds is 22. The number of amides is 3. The van der Waals surface area contributed by atoms with Crippen LogP contribution in [0.25, 0.3) is 11.1 Å². The molecule has 0 bridgehead atoms. The summed E-state index contributed by atoms with van der Waals surface area (Å²) < 4.78 is 33.1. The second kappa shape index (κ2) is 22.6. The third kappa shape index (κ3) is 13.6. The Morgan fingerprint density at radius 3 is 2.05 bits per heavy atom. The molecule has 5 rings (SSSR count). The minimum Gasteiger partial charge on any atom is -0.449 e. The van der Waals surface area contributed by atoms with Gasteiger partial charge in [-0.15, -0.1) is 0 Å². The van der Waals surface area contributed by atoms with E-state index in [2.05, 4.69) is 45.0 Å². The number of ether oxygens (including phenoxy) is 6. The Labute approximate surface area is 340 Å². The standard InChI is InChI=1S/C43H56N6O9/c1-43(2,3)58-42(52)49-28-32-10-8-9-31(38(32)29-49)25-45-26-33(48-44)27-47-40(50)15-17-53-19-21-55-23-24-56-22-20-54-18-16-46-41(51)57-30-39-36-13-6-4-11-34(36)35-12-5-7-14-37(35)39/h4-14,26,39H,15-25,27-30,44H2,1-3H3,(H,46,51)(H,47,50). The lowest BCUT2D eigenvalue weighted by molar-refractivity contribution is -0.122. The molecule has 0 unspecified atom stereocenters. The molecule has 312 valence electrons. The van der Waals surface area contributed by atoms with E-state index >= 15 is 0 Å². The van der Waals surface area contributed by atoms with Gasteiger partial charge in [-0.25, -0.2) is 9.59 Å². The van der Waals surface area contributed by atoms with Crippen LogP contribution >= 0.6 is 0 Å². The minimum absolute atomic E-state index is 0.0183. The lowest BCUT2D eigenvalue weighted by Crippen LogP contribution is -2.33.